The minimum absolute atomic E-state index is 0.0148. The van der Waals surface area contributed by atoms with Gasteiger partial charge >= 0.3 is 7.60 Å². The largest absolute Gasteiger partial charge is 0.422 e. The highest BCUT2D eigenvalue weighted by Crippen LogP contribution is 2.52. The quantitative estimate of drug-likeness (QED) is 0.218. The molecule has 15 nitrogen and oxygen atoms in total. The van der Waals surface area contributed by atoms with Crippen molar-refractivity contribution in [3.05, 3.63) is 23.4 Å². The standard InChI is InChI=1S/C14H17ClN7O8P/c1-4-20-21-11(29-4)13(31(25,26)27)28-2-5-7(23)8(24)12(30-5)22-3-17-6-9(16)18-14(15)19-10(6)22/h3,5,7-8,12-13,23-24H,2H2,1H3,(H2,16,18,19)(H2,25,26,27)/t5-,7+,8-,12-,13?/m1/s1. The molecule has 0 saturated carbocycles. The maximum Gasteiger partial charge on any atom is 0.363 e. The van der Waals surface area contributed by atoms with E-state index in [0.29, 0.717) is 0 Å². The highest BCUT2D eigenvalue weighted by molar-refractivity contribution is 7.51. The third-order valence-corrected chi connectivity index (χ3v) is 5.66. The summed E-state index contributed by atoms with van der Waals surface area (Å²) in [5.74, 6) is -2.21. The minimum atomic E-state index is -4.86. The number of nitrogen functional groups attached to an aromatic ring is 1. The van der Waals surface area contributed by atoms with Gasteiger partial charge in [0, 0.05) is 6.92 Å². The van der Waals surface area contributed by atoms with E-state index in [1.54, 1.807) is 0 Å². The highest BCUT2D eigenvalue weighted by Gasteiger charge is 2.46. The van der Waals surface area contributed by atoms with Gasteiger partial charge in [-0.15, -0.1) is 10.2 Å². The normalized spacial score (nSPS) is 25.4. The third-order valence-electron chi connectivity index (χ3n) is 4.51. The fraction of sp³-hybridized carbons (Fsp3) is 0.500. The number of aliphatic hydroxyl groups is 2. The molecule has 6 N–H and O–H groups in total. The van der Waals surface area contributed by atoms with Crippen molar-refractivity contribution in [2.75, 3.05) is 12.3 Å². The summed E-state index contributed by atoms with van der Waals surface area (Å²) in [5.41, 5.74) is 6.13. The van der Waals surface area contributed by atoms with E-state index in [2.05, 4.69) is 25.1 Å². The Bertz CT molecular complexity index is 1150. The molecule has 0 bridgehead atoms. The zero-order valence-corrected chi connectivity index (χ0v) is 17.3. The molecule has 17 heteroatoms. The number of aromatic nitrogens is 6. The van der Waals surface area contributed by atoms with Crippen molar-refractivity contribution >= 4 is 36.2 Å². The lowest BCUT2D eigenvalue weighted by molar-refractivity contribution is -0.0756. The number of nitrogens with two attached hydrogens (primary N) is 1. The van der Waals surface area contributed by atoms with Gasteiger partial charge in [-0.25, -0.2) is 4.98 Å². The van der Waals surface area contributed by atoms with Crippen molar-refractivity contribution in [3.63, 3.8) is 0 Å². The second-order valence-corrected chi connectivity index (χ2v) is 8.67. The summed E-state index contributed by atoms with van der Waals surface area (Å²) in [6, 6.07) is 0. The molecule has 168 valence electrons. The Morgan fingerprint density at radius 1 is 1.32 bits per heavy atom. The Morgan fingerprint density at radius 3 is 2.71 bits per heavy atom. The van der Waals surface area contributed by atoms with E-state index in [-0.39, 0.29) is 28.2 Å². The van der Waals surface area contributed by atoms with Crippen LogP contribution in [0.1, 0.15) is 23.9 Å². The molecule has 4 rings (SSSR count). The van der Waals surface area contributed by atoms with E-state index in [1.165, 1.54) is 17.8 Å². The average molecular weight is 478 g/mol. The summed E-state index contributed by atoms with van der Waals surface area (Å²) >= 11 is 5.83. The monoisotopic (exact) mass is 477 g/mol. The first-order chi connectivity index (χ1) is 14.6. The molecular formula is C14H17ClN7O8P. The summed E-state index contributed by atoms with van der Waals surface area (Å²) in [4.78, 5) is 31.0. The van der Waals surface area contributed by atoms with Crippen LogP contribution in [0.25, 0.3) is 11.2 Å². The zero-order valence-electron chi connectivity index (χ0n) is 15.7. The zero-order chi connectivity index (χ0) is 22.5. The number of fused-ring (bicyclic) bond motifs is 1. The van der Waals surface area contributed by atoms with Gasteiger partial charge in [0.15, 0.2) is 17.7 Å². The van der Waals surface area contributed by atoms with Crippen molar-refractivity contribution in [1.82, 2.24) is 29.7 Å². The molecule has 0 amide bonds. The number of halogens is 1. The highest BCUT2D eigenvalue weighted by atomic mass is 35.5. The third kappa shape index (κ3) is 4.14. The van der Waals surface area contributed by atoms with Gasteiger partial charge in [-0.3, -0.25) is 9.13 Å². The van der Waals surface area contributed by atoms with Crippen LogP contribution in [-0.4, -0.2) is 74.6 Å². The molecule has 3 aromatic rings. The fourth-order valence-electron chi connectivity index (χ4n) is 3.10. The van der Waals surface area contributed by atoms with Gasteiger partial charge < -0.3 is 39.6 Å². The van der Waals surface area contributed by atoms with Crippen molar-refractivity contribution in [2.24, 2.45) is 0 Å². The molecule has 31 heavy (non-hydrogen) atoms. The molecule has 1 saturated heterocycles. The van der Waals surface area contributed by atoms with E-state index in [1.807, 2.05) is 0 Å². The van der Waals surface area contributed by atoms with E-state index in [9.17, 15) is 24.6 Å². The number of nitrogens with zero attached hydrogens (tertiary/aromatic N) is 6. The smallest absolute Gasteiger partial charge is 0.363 e. The molecule has 0 radical (unpaired) electrons. The van der Waals surface area contributed by atoms with Crippen molar-refractivity contribution in [2.45, 2.75) is 37.3 Å². The number of hydrogen-bond donors (Lipinski definition) is 5. The summed E-state index contributed by atoms with van der Waals surface area (Å²) in [6.07, 6.45) is -4.00. The molecule has 1 aliphatic rings. The average Bonchev–Trinajstić information content (AvgIpc) is 3.35. The van der Waals surface area contributed by atoms with Gasteiger partial charge in [0.05, 0.1) is 12.9 Å². The number of anilines is 1. The lowest BCUT2D eigenvalue weighted by atomic mass is 10.1. The maximum absolute atomic E-state index is 11.8. The lowest BCUT2D eigenvalue weighted by Crippen LogP contribution is -2.34. The maximum atomic E-state index is 11.8. The van der Waals surface area contributed by atoms with E-state index >= 15 is 0 Å². The predicted octanol–water partition coefficient (Wildman–Crippen LogP) is -0.734. The van der Waals surface area contributed by atoms with Gasteiger partial charge in [0.25, 0.3) is 5.89 Å². The van der Waals surface area contributed by atoms with Crippen molar-refractivity contribution in [1.29, 1.82) is 0 Å². The number of ether oxygens (including phenoxy) is 2. The van der Waals surface area contributed by atoms with Crippen LogP contribution in [0, 0.1) is 6.92 Å². The Morgan fingerprint density at radius 2 is 2.06 bits per heavy atom. The predicted molar refractivity (Wildman–Crippen MR) is 100 cm³/mol. The molecule has 1 fully saturated rings. The number of hydrogen-bond acceptors (Lipinski definition) is 12. The molecule has 0 aliphatic carbocycles. The Kier molecular flexibility index (Phi) is 5.70. The molecule has 1 aliphatic heterocycles. The Balaban J connectivity index is 1.55. The first kappa shape index (κ1) is 22.0. The van der Waals surface area contributed by atoms with Crippen molar-refractivity contribution < 1.29 is 38.5 Å². The van der Waals surface area contributed by atoms with Crippen LogP contribution in [0.2, 0.25) is 5.28 Å². The van der Waals surface area contributed by atoms with Crippen LogP contribution in [0.5, 0.6) is 0 Å². The van der Waals surface area contributed by atoms with Crippen LogP contribution in [0.3, 0.4) is 0 Å². The number of rotatable bonds is 6. The first-order valence-electron chi connectivity index (χ1n) is 8.70. The number of aryl methyl sites for hydroxylation is 1. The second-order valence-electron chi connectivity index (χ2n) is 6.68. The van der Waals surface area contributed by atoms with Gasteiger partial charge in [-0.2, -0.15) is 9.97 Å². The number of imidazole rings is 1. The van der Waals surface area contributed by atoms with Crippen molar-refractivity contribution in [3.8, 4) is 0 Å². The molecule has 0 spiro atoms. The Hall–Kier alpha value is -2.23. The first-order valence-corrected chi connectivity index (χ1v) is 10.8. The summed E-state index contributed by atoms with van der Waals surface area (Å²) in [7, 11) is -4.86. The molecule has 5 atom stereocenters. The summed E-state index contributed by atoms with van der Waals surface area (Å²) < 4.78 is 29.0. The van der Waals surface area contributed by atoms with E-state index < -0.39 is 50.5 Å². The topological polar surface area (TPSA) is 225 Å². The second kappa shape index (κ2) is 8.03. The Labute approximate surface area is 178 Å². The molecule has 3 aromatic heterocycles. The summed E-state index contributed by atoms with van der Waals surface area (Å²) in [6.45, 7) is 0.923. The van der Waals surface area contributed by atoms with E-state index in [0.717, 1.165) is 0 Å². The molecule has 4 heterocycles. The molecule has 0 aromatic carbocycles. The van der Waals surface area contributed by atoms with Gasteiger partial charge in [-0.1, -0.05) is 0 Å². The molecule has 1 unspecified atom stereocenters. The van der Waals surface area contributed by atoms with E-state index in [4.69, 9.17) is 31.2 Å². The SMILES string of the molecule is Cc1nnc(C(OC[C@H]2O[C@@H](n3cnc4c(N)nc(Cl)nc43)[C@H](O)[C@H]2O)P(=O)(O)O)o1. The summed E-state index contributed by atoms with van der Waals surface area (Å²) in [5, 5.41) is 27.8. The van der Waals surface area contributed by atoms with Crippen LogP contribution in [-0.2, 0) is 14.0 Å². The fourth-order valence-corrected chi connectivity index (χ4v) is 3.95. The van der Waals surface area contributed by atoms with Crippen LogP contribution in [0.4, 0.5) is 5.82 Å². The van der Waals surface area contributed by atoms with Gasteiger partial charge in [0.1, 0.15) is 23.8 Å². The van der Waals surface area contributed by atoms with Crippen LogP contribution in [0.15, 0.2) is 10.7 Å². The minimum Gasteiger partial charge on any atom is -0.422 e. The van der Waals surface area contributed by atoms with Gasteiger partial charge in [0.2, 0.25) is 17.0 Å². The van der Waals surface area contributed by atoms with Crippen LogP contribution >= 0.6 is 19.2 Å². The van der Waals surface area contributed by atoms with Gasteiger partial charge in [-0.05, 0) is 11.6 Å². The lowest BCUT2D eigenvalue weighted by Gasteiger charge is -2.20. The molecular weight excluding hydrogens is 461 g/mol. The van der Waals surface area contributed by atoms with Crippen LogP contribution < -0.4 is 5.73 Å². The number of aliphatic hydroxyl groups excluding tert-OH is 2.